The van der Waals surface area contributed by atoms with E-state index in [1.165, 1.54) is 0 Å². The molecule has 1 aromatic rings. The molecule has 0 fully saturated rings. The van der Waals surface area contributed by atoms with Crippen molar-refractivity contribution in [3.8, 4) is 0 Å². The standard InChI is InChI=1S/C5H8N2.H2O.3O.Re/c1-2-7-4-3-6-5-7;;;;;/h3-5H,2H2,1H3;1H2;;;;/q;;;;;+1/p-1. The first-order valence-corrected chi connectivity index (χ1v) is 7.56. The van der Waals surface area contributed by atoms with Gasteiger partial charge in [0.1, 0.15) is 0 Å². The summed E-state index contributed by atoms with van der Waals surface area (Å²) in [5.74, 6) is 0. The Kier molecular flexibility index (Phi) is 4.66. The van der Waals surface area contributed by atoms with Gasteiger partial charge in [0.15, 0.2) is 0 Å². The van der Waals surface area contributed by atoms with E-state index in [0.29, 0.717) is 0 Å². The first-order chi connectivity index (χ1) is 5.43. The molecular weight excluding hydrogens is 338 g/mol. The molecule has 1 N–H and O–H groups in total. The van der Waals surface area contributed by atoms with E-state index in [1.807, 2.05) is 10.8 Å². The number of imidazole rings is 1. The second-order valence-corrected chi connectivity index (χ2v) is 4.63. The van der Waals surface area contributed by atoms with Crippen molar-refractivity contribution >= 4 is 0 Å². The average Bonchev–Trinajstić information content (AvgIpc) is 2.33. The molecule has 70 valence electrons. The molecule has 0 saturated carbocycles. The molecule has 0 aliphatic heterocycles. The van der Waals surface area contributed by atoms with E-state index in [0.717, 1.165) is 6.54 Å². The monoisotopic (exact) mass is 348 g/mol. The summed E-state index contributed by atoms with van der Waals surface area (Å²) in [6.45, 7) is 3.10. The van der Waals surface area contributed by atoms with Crippen molar-refractivity contribution in [1.82, 2.24) is 9.55 Å². The molecule has 0 spiro atoms. The molecule has 6 nitrogen and oxygen atoms in total. The summed E-state index contributed by atoms with van der Waals surface area (Å²) >= 11 is -5.86. The Bertz CT molecular complexity index is 333. The molecule has 0 saturated heterocycles. The molecule has 0 aliphatic rings. The van der Waals surface area contributed by atoms with E-state index in [4.69, 9.17) is 14.2 Å². The molecule has 1 heterocycles. The minimum atomic E-state index is -5.86. The Morgan fingerprint density at radius 3 is 2.17 bits per heavy atom. The van der Waals surface area contributed by atoms with Gasteiger partial charge in [-0.15, -0.1) is 0 Å². The normalized spacial score (nSPS) is 10.2. The van der Waals surface area contributed by atoms with Crippen LogP contribution in [0.4, 0.5) is 0 Å². The summed E-state index contributed by atoms with van der Waals surface area (Å²) < 4.78 is 35.3. The molecule has 0 aliphatic carbocycles. The van der Waals surface area contributed by atoms with E-state index in [-0.39, 0.29) is 0 Å². The molecule has 0 aromatic carbocycles. The average molecular weight is 347 g/mol. The zero-order valence-electron chi connectivity index (χ0n) is 6.38. The third-order valence-corrected chi connectivity index (χ3v) is 0.924. The molecule has 0 radical (unpaired) electrons. The van der Waals surface area contributed by atoms with Crippen LogP contribution in [0.1, 0.15) is 6.92 Å². The summed E-state index contributed by atoms with van der Waals surface area (Å²) in [4.78, 5) is 3.86. The Labute approximate surface area is 72.2 Å². The summed E-state index contributed by atoms with van der Waals surface area (Å²) in [5, 5.41) is 0. The Hall–Kier alpha value is -0.768. The minimum absolute atomic E-state index is 1.01. The zero-order valence-corrected chi connectivity index (χ0v) is 9.10. The van der Waals surface area contributed by atoms with E-state index in [9.17, 15) is 0 Å². The second kappa shape index (κ2) is 4.98. The van der Waals surface area contributed by atoms with Crippen LogP contribution in [0.3, 0.4) is 0 Å². The number of hydrogen-bond donors (Lipinski definition) is 1. The van der Waals surface area contributed by atoms with Crippen LogP contribution < -0.4 is 0 Å². The van der Waals surface area contributed by atoms with Crippen molar-refractivity contribution in [1.29, 1.82) is 0 Å². The van der Waals surface area contributed by atoms with Gasteiger partial charge in [-0.05, 0) is 6.92 Å². The quantitative estimate of drug-likeness (QED) is 0.772. The fourth-order valence-corrected chi connectivity index (χ4v) is 0.474. The third-order valence-electron chi connectivity index (χ3n) is 0.924. The van der Waals surface area contributed by atoms with Crippen LogP contribution in [-0.2, 0) is 32.7 Å². The van der Waals surface area contributed by atoms with Gasteiger partial charge in [0.2, 0.25) is 0 Å². The maximum atomic E-state index is 8.75. The van der Waals surface area contributed by atoms with Crippen molar-refractivity contribution in [2.45, 2.75) is 13.5 Å². The Morgan fingerprint density at radius 1 is 1.50 bits per heavy atom. The molecule has 1 rings (SSSR count). The van der Waals surface area contributed by atoms with Crippen molar-refractivity contribution in [3.05, 3.63) is 18.7 Å². The number of nitrogens with zero attached hydrogens (tertiary/aromatic N) is 2. The molecule has 0 bridgehead atoms. The summed E-state index contributed by atoms with van der Waals surface area (Å²) in [7, 11) is 0. The first-order valence-electron chi connectivity index (χ1n) is 3.02. The van der Waals surface area contributed by atoms with Gasteiger partial charge in [0.25, 0.3) is 0 Å². The van der Waals surface area contributed by atoms with Gasteiger partial charge in [-0.1, -0.05) is 0 Å². The van der Waals surface area contributed by atoms with Crippen molar-refractivity contribution < 1.29 is 30.0 Å². The van der Waals surface area contributed by atoms with Crippen LogP contribution in [-0.4, -0.2) is 13.4 Å². The van der Waals surface area contributed by atoms with Gasteiger partial charge >= 0.3 is 30.0 Å². The van der Waals surface area contributed by atoms with Gasteiger partial charge < -0.3 is 4.57 Å². The molecule has 0 atom stereocenters. The fraction of sp³-hybridized carbons (Fsp3) is 0.400. The van der Waals surface area contributed by atoms with Gasteiger partial charge in [-0.2, -0.15) is 0 Å². The second-order valence-electron chi connectivity index (χ2n) is 1.79. The van der Waals surface area contributed by atoms with Crippen LogP contribution in [0.25, 0.3) is 0 Å². The van der Waals surface area contributed by atoms with Gasteiger partial charge in [0.05, 0.1) is 6.33 Å². The zero-order chi connectivity index (χ0) is 9.61. The topological polar surface area (TPSA) is 89.3 Å². The summed E-state index contributed by atoms with van der Waals surface area (Å²) in [6, 6.07) is 0. The molecule has 12 heavy (non-hydrogen) atoms. The van der Waals surface area contributed by atoms with Crippen LogP contribution in [0, 0.1) is 0 Å². The first kappa shape index (κ1) is 11.2. The van der Waals surface area contributed by atoms with E-state index in [1.54, 1.807) is 12.5 Å². The SMILES string of the molecule is CCn1ccnc1.[O]=[Re](=[O])(=[O])[OH]. The molecule has 7 heteroatoms. The van der Waals surface area contributed by atoms with Crippen LogP contribution in [0.5, 0.6) is 0 Å². The predicted molar refractivity (Wildman–Crippen MR) is 32.2 cm³/mol. The Morgan fingerprint density at radius 2 is 2.00 bits per heavy atom. The van der Waals surface area contributed by atoms with Crippen molar-refractivity contribution in [2.24, 2.45) is 0 Å². The molecule has 1 aromatic heterocycles. The third kappa shape index (κ3) is 9.23. The summed E-state index contributed by atoms with van der Waals surface area (Å²) in [6.07, 6.45) is 5.53. The Balaban J connectivity index is 0.000000217. The molecule has 0 unspecified atom stereocenters. The number of hydrogen-bond acceptors (Lipinski definition) is 4. The number of rotatable bonds is 1. The summed E-state index contributed by atoms with van der Waals surface area (Å²) in [5.41, 5.74) is 0. The van der Waals surface area contributed by atoms with Crippen molar-refractivity contribution in [2.75, 3.05) is 0 Å². The molecular formula is C5H9N2O4Re. The van der Waals surface area contributed by atoms with Crippen LogP contribution in [0.15, 0.2) is 18.7 Å². The van der Waals surface area contributed by atoms with E-state index >= 15 is 0 Å². The maximum absolute atomic E-state index is 8.75. The fourth-order valence-electron chi connectivity index (χ4n) is 0.474. The number of aromatic nitrogens is 2. The van der Waals surface area contributed by atoms with Gasteiger partial charge in [-0.3, -0.25) is 0 Å². The van der Waals surface area contributed by atoms with E-state index < -0.39 is 15.8 Å². The van der Waals surface area contributed by atoms with Gasteiger partial charge in [-0.25, -0.2) is 4.98 Å². The van der Waals surface area contributed by atoms with E-state index in [2.05, 4.69) is 11.9 Å². The van der Waals surface area contributed by atoms with Gasteiger partial charge in [0, 0.05) is 18.9 Å². The van der Waals surface area contributed by atoms with Crippen LogP contribution >= 0.6 is 0 Å². The van der Waals surface area contributed by atoms with Crippen molar-refractivity contribution in [3.63, 3.8) is 0 Å². The number of aryl methyl sites for hydroxylation is 1. The van der Waals surface area contributed by atoms with Crippen LogP contribution in [0.2, 0.25) is 0 Å². The predicted octanol–water partition coefficient (Wildman–Crippen LogP) is -0.0129. The molecule has 0 amide bonds.